The standard InChI is InChI=1S/C23H20N4O2S3/c1-29-20-12-11-17-9-5-6-10-18(17)19(20)13-24-25-21(28)15-31-23-27-26-22(32-23)30-14-16-7-3-2-4-8-16/h2-13H,14-15H2,1H3,(H,25,28)/b24-13-. The van der Waals surface area contributed by atoms with Crippen molar-refractivity contribution in [3.05, 3.63) is 77.9 Å². The highest BCUT2D eigenvalue weighted by Gasteiger charge is 2.09. The van der Waals surface area contributed by atoms with E-state index in [0.29, 0.717) is 5.75 Å². The highest BCUT2D eigenvalue weighted by atomic mass is 32.2. The van der Waals surface area contributed by atoms with E-state index in [1.807, 2.05) is 54.6 Å². The average molecular weight is 481 g/mol. The van der Waals surface area contributed by atoms with Crippen LogP contribution in [-0.2, 0) is 10.5 Å². The molecule has 32 heavy (non-hydrogen) atoms. The third-order valence-corrected chi connectivity index (χ3v) is 7.71. The zero-order valence-electron chi connectivity index (χ0n) is 17.2. The summed E-state index contributed by atoms with van der Waals surface area (Å²) >= 11 is 4.48. The molecule has 0 saturated carbocycles. The predicted molar refractivity (Wildman–Crippen MR) is 133 cm³/mol. The maximum Gasteiger partial charge on any atom is 0.250 e. The van der Waals surface area contributed by atoms with Crippen LogP contribution in [0.1, 0.15) is 11.1 Å². The summed E-state index contributed by atoms with van der Waals surface area (Å²) in [5.74, 6) is 1.54. The Balaban J connectivity index is 1.29. The lowest BCUT2D eigenvalue weighted by Gasteiger charge is -2.08. The molecule has 1 N–H and O–H groups in total. The Morgan fingerprint density at radius 1 is 1.03 bits per heavy atom. The first-order chi connectivity index (χ1) is 15.7. The van der Waals surface area contributed by atoms with Gasteiger partial charge < -0.3 is 4.74 Å². The van der Waals surface area contributed by atoms with Crippen LogP contribution in [0.2, 0.25) is 0 Å². The smallest absolute Gasteiger partial charge is 0.250 e. The number of ether oxygens (including phenoxy) is 1. The first-order valence-corrected chi connectivity index (χ1v) is 12.5. The molecule has 0 aliphatic rings. The van der Waals surface area contributed by atoms with Crippen molar-refractivity contribution in [3.63, 3.8) is 0 Å². The average Bonchev–Trinajstić information content (AvgIpc) is 3.30. The van der Waals surface area contributed by atoms with E-state index in [2.05, 4.69) is 32.9 Å². The van der Waals surface area contributed by atoms with Gasteiger partial charge in [0.2, 0.25) is 0 Å². The van der Waals surface area contributed by atoms with Gasteiger partial charge >= 0.3 is 0 Å². The van der Waals surface area contributed by atoms with Crippen LogP contribution < -0.4 is 10.2 Å². The maximum atomic E-state index is 12.2. The van der Waals surface area contributed by atoms with Crippen LogP contribution in [0.3, 0.4) is 0 Å². The number of fused-ring (bicyclic) bond motifs is 1. The lowest BCUT2D eigenvalue weighted by Crippen LogP contribution is -2.19. The Hall–Kier alpha value is -2.88. The van der Waals surface area contributed by atoms with Crippen molar-refractivity contribution < 1.29 is 9.53 Å². The highest BCUT2D eigenvalue weighted by molar-refractivity contribution is 8.03. The monoisotopic (exact) mass is 480 g/mol. The van der Waals surface area contributed by atoms with Gasteiger partial charge in [-0.1, -0.05) is 95.5 Å². The van der Waals surface area contributed by atoms with Crippen LogP contribution in [0.4, 0.5) is 0 Å². The number of hydrazone groups is 1. The van der Waals surface area contributed by atoms with Crippen LogP contribution >= 0.6 is 34.9 Å². The number of nitrogens with one attached hydrogen (secondary N) is 1. The van der Waals surface area contributed by atoms with Crippen molar-refractivity contribution in [3.8, 4) is 5.75 Å². The molecule has 0 fully saturated rings. The molecule has 1 heterocycles. The molecule has 0 aliphatic carbocycles. The summed E-state index contributed by atoms with van der Waals surface area (Å²) in [5.41, 5.74) is 4.64. The number of amides is 1. The summed E-state index contributed by atoms with van der Waals surface area (Å²) in [6, 6.07) is 22.1. The first kappa shape index (κ1) is 22.3. The van der Waals surface area contributed by atoms with Gasteiger partial charge in [0.15, 0.2) is 8.68 Å². The number of rotatable bonds is 9. The van der Waals surface area contributed by atoms with E-state index in [4.69, 9.17) is 4.74 Å². The molecular formula is C23H20N4O2S3. The molecular weight excluding hydrogens is 460 g/mol. The lowest BCUT2D eigenvalue weighted by atomic mass is 10.0. The van der Waals surface area contributed by atoms with Crippen molar-refractivity contribution in [1.29, 1.82) is 0 Å². The van der Waals surface area contributed by atoms with Gasteiger partial charge in [0.1, 0.15) is 5.75 Å². The summed E-state index contributed by atoms with van der Waals surface area (Å²) < 4.78 is 7.09. The van der Waals surface area contributed by atoms with Gasteiger partial charge in [-0.05, 0) is 22.4 Å². The van der Waals surface area contributed by atoms with Gasteiger partial charge in [0.25, 0.3) is 5.91 Å². The Kier molecular flexibility index (Phi) is 7.76. The summed E-state index contributed by atoms with van der Waals surface area (Å²) in [4.78, 5) is 12.2. The maximum absolute atomic E-state index is 12.2. The zero-order valence-corrected chi connectivity index (χ0v) is 19.7. The number of nitrogens with zero attached hydrogens (tertiary/aromatic N) is 3. The Bertz CT molecular complexity index is 1230. The van der Waals surface area contributed by atoms with E-state index in [0.717, 1.165) is 30.8 Å². The Labute approximate surface area is 198 Å². The zero-order chi connectivity index (χ0) is 22.2. The number of hydrogen-bond donors (Lipinski definition) is 1. The third kappa shape index (κ3) is 5.87. The molecule has 6 nitrogen and oxygen atoms in total. The summed E-state index contributed by atoms with van der Waals surface area (Å²) in [7, 11) is 1.62. The number of thioether (sulfide) groups is 2. The van der Waals surface area contributed by atoms with Gasteiger partial charge in [0.05, 0.1) is 19.1 Å². The van der Waals surface area contributed by atoms with Crippen molar-refractivity contribution in [1.82, 2.24) is 15.6 Å². The van der Waals surface area contributed by atoms with E-state index in [9.17, 15) is 4.79 Å². The summed E-state index contributed by atoms with van der Waals surface area (Å²) in [6.45, 7) is 0. The normalized spacial score (nSPS) is 11.2. The van der Waals surface area contributed by atoms with Crippen LogP contribution in [0.15, 0.2) is 80.5 Å². The molecule has 0 bridgehead atoms. The van der Waals surface area contributed by atoms with Gasteiger partial charge in [-0.15, -0.1) is 10.2 Å². The largest absolute Gasteiger partial charge is 0.496 e. The molecule has 0 saturated heterocycles. The van der Waals surface area contributed by atoms with Gasteiger partial charge in [0, 0.05) is 11.3 Å². The van der Waals surface area contributed by atoms with Crippen molar-refractivity contribution in [2.45, 2.75) is 14.4 Å². The highest BCUT2D eigenvalue weighted by Crippen LogP contribution is 2.30. The molecule has 9 heteroatoms. The molecule has 1 amide bonds. The van der Waals surface area contributed by atoms with Gasteiger partial charge in [-0.3, -0.25) is 4.79 Å². The van der Waals surface area contributed by atoms with E-state index < -0.39 is 0 Å². The Morgan fingerprint density at radius 3 is 2.59 bits per heavy atom. The molecule has 3 aromatic carbocycles. The molecule has 0 aliphatic heterocycles. The first-order valence-electron chi connectivity index (χ1n) is 9.73. The number of methoxy groups -OCH3 is 1. The van der Waals surface area contributed by atoms with Crippen LogP contribution in [0.5, 0.6) is 5.75 Å². The molecule has 0 radical (unpaired) electrons. The molecule has 4 aromatic rings. The number of carbonyl (C=O) groups is 1. The Morgan fingerprint density at radius 2 is 1.78 bits per heavy atom. The summed E-state index contributed by atoms with van der Waals surface area (Å²) in [6.07, 6.45) is 1.62. The number of carbonyl (C=O) groups excluding carboxylic acids is 1. The van der Waals surface area contributed by atoms with E-state index in [1.165, 1.54) is 28.7 Å². The van der Waals surface area contributed by atoms with Crippen molar-refractivity contribution in [2.24, 2.45) is 5.10 Å². The second-order valence-electron chi connectivity index (χ2n) is 6.59. The van der Waals surface area contributed by atoms with Crippen molar-refractivity contribution >= 4 is 57.8 Å². The minimum atomic E-state index is -0.209. The minimum Gasteiger partial charge on any atom is -0.496 e. The van der Waals surface area contributed by atoms with Crippen LogP contribution in [-0.4, -0.2) is 35.2 Å². The summed E-state index contributed by atoms with van der Waals surface area (Å²) in [5, 5.41) is 14.6. The second kappa shape index (κ2) is 11.1. The SMILES string of the molecule is COc1ccc2ccccc2c1/C=N\NC(=O)CSc1nnc(SCc2ccccc2)s1. The van der Waals surface area contributed by atoms with E-state index in [1.54, 1.807) is 25.1 Å². The van der Waals surface area contributed by atoms with Crippen LogP contribution in [0, 0.1) is 0 Å². The molecule has 162 valence electrons. The molecule has 4 rings (SSSR count). The molecule has 0 spiro atoms. The van der Waals surface area contributed by atoms with Crippen LogP contribution in [0.25, 0.3) is 10.8 Å². The fraction of sp³-hybridized carbons (Fsp3) is 0.130. The topological polar surface area (TPSA) is 76.5 Å². The minimum absolute atomic E-state index is 0.209. The molecule has 0 atom stereocenters. The van der Waals surface area contributed by atoms with E-state index >= 15 is 0 Å². The lowest BCUT2D eigenvalue weighted by molar-refractivity contribution is -0.118. The quantitative estimate of drug-likeness (QED) is 0.201. The van der Waals surface area contributed by atoms with Gasteiger partial charge in [-0.25, -0.2) is 5.43 Å². The molecule has 1 aromatic heterocycles. The van der Waals surface area contributed by atoms with Gasteiger partial charge in [-0.2, -0.15) is 5.10 Å². The number of benzene rings is 3. The fourth-order valence-corrected chi connectivity index (χ4v) is 5.72. The van der Waals surface area contributed by atoms with Crippen molar-refractivity contribution in [2.75, 3.05) is 12.9 Å². The second-order valence-corrected chi connectivity index (χ2v) is 10.0. The predicted octanol–water partition coefficient (Wildman–Crippen LogP) is 5.23. The molecule has 0 unspecified atom stereocenters. The van der Waals surface area contributed by atoms with E-state index in [-0.39, 0.29) is 11.7 Å². The number of hydrogen-bond acceptors (Lipinski definition) is 8. The number of aromatic nitrogens is 2. The fourth-order valence-electron chi connectivity index (χ4n) is 2.95. The third-order valence-electron chi connectivity index (χ3n) is 4.45.